The summed E-state index contributed by atoms with van der Waals surface area (Å²) >= 11 is 0. The van der Waals surface area contributed by atoms with Gasteiger partial charge in [0, 0.05) is 23.4 Å². The number of hydrogen-bond donors (Lipinski definition) is 2. The van der Waals surface area contributed by atoms with E-state index in [-0.39, 0.29) is 18.0 Å². The summed E-state index contributed by atoms with van der Waals surface area (Å²) in [4.78, 5) is 22.1. The molecule has 2 rings (SSSR count). The van der Waals surface area contributed by atoms with Gasteiger partial charge in [-0.15, -0.1) is 0 Å². The van der Waals surface area contributed by atoms with Gasteiger partial charge in [-0.05, 0) is 19.4 Å². The van der Waals surface area contributed by atoms with Gasteiger partial charge >= 0.3 is 0 Å². The van der Waals surface area contributed by atoms with Gasteiger partial charge in [-0.1, -0.05) is 12.1 Å². The molecule has 0 atom stereocenters. The summed E-state index contributed by atoms with van der Waals surface area (Å²) in [5.74, 6) is 0.220. The fourth-order valence-corrected chi connectivity index (χ4v) is 1.75. The van der Waals surface area contributed by atoms with Gasteiger partial charge in [0.2, 0.25) is 5.91 Å². The highest BCUT2D eigenvalue weighted by molar-refractivity contribution is 5.92. The van der Waals surface area contributed by atoms with Crippen LogP contribution in [-0.2, 0) is 11.2 Å². The molecule has 0 unspecified atom stereocenters. The molecule has 20 heavy (non-hydrogen) atoms. The number of non-ortho nitro benzene ring substituents is 1. The highest BCUT2D eigenvalue weighted by Crippen LogP contribution is 2.16. The van der Waals surface area contributed by atoms with Crippen LogP contribution < -0.4 is 5.32 Å². The molecule has 0 fully saturated rings. The van der Waals surface area contributed by atoms with Crippen molar-refractivity contribution in [1.82, 2.24) is 10.2 Å². The predicted molar refractivity (Wildman–Crippen MR) is 73.5 cm³/mol. The minimum absolute atomic E-state index is 0.0258. The van der Waals surface area contributed by atoms with Crippen LogP contribution in [0, 0.1) is 24.0 Å². The maximum Gasteiger partial charge on any atom is 0.269 e. The average Bonchev–Trinajstić information content (AvgIpc) is 2.71. The van der Waals surface area contributed by atoms with E-state index in [1.165, 1.54) is 12.1 Å². The monoisotopic (exact) mass is 274 g/mol. The molecule has 104 valence electrons. The van der Waals surface area contributed by atoms with Gasteiger partial charge in [-0.3, -0.25) is 20.0 Å². The first-order chi connectivity index (χ1) is 9.47. The largest absolute Gasteiger partial charge is 0.309 e. The van der Waals surface area contributed by atoms with Gasteiger partial charge < -0.3 is 5.32 Å². The third-order valence-electron chi connectivity index (χ3n) is 3.00. The van der Waals surface area contributed by atoms with Crippen LogP contribution in [0.25, 0.3) is 0 Å². The van der Waals surface area contributed by atoms with Crippen molar-refractivity contribution in [3.8, 4) is 0 Å². The van der Waals surface area contributed by atoms with E-state index in [4.69, 9.17) is 0 Å². The fraction of sp³-hybridized carbons (Fsp3) is 0.231. The van der Waals surface area contributed by atoms with Crippen LogP contribution >= 0.6 is 0 Å². The number of nitrogens with one attached hydrogen (secondary N) is 2. The third-order valence-corrected chi connectivity index (χ3v) is 3.00. The number of amides is 1. The number of nitro benzene ring substituents is 1. The van der Waals surface area contributed by atoms with Crippen LogP contribution in [0.5, 0.6) is 0 Å². The lowest BCUT2D eigenvalue weighted by Gasteiger charge is -2.03. The Kier molecular flexibility index (Phi) is 3.79. The zero-order valence-electron chi connectivity index (χ0n) is 11.1. The summed E-state index contributed by atoms with van der Waals surface area (Å²) in [6.07, 6.45) is 0.0625. The van der Waals surface area contributed by atoms with Gasteiger partial charge in [-0.25, -0.2) is 0 Å². The topological polar surface area (TPSA) is 101 Å². The maximum absolute atomic E-state index is 11.9. The number of nitro groups is 1. The zero-order valence-corrected chi connectivity index (χ0v) is 11.1. The molecule has 1 amide bonds. The Morgan fingerprint density at radius 1 is 1.45 bits per heavy atom. The quantitative estimate of drug-likeness (QED) is 0.658. The molecule has 0 saturated heterocycles. The molecule has 0 bridgehead atoms. The van der Waals surface area contributed by atoms with Crippen LogP contribution in [-0.4, -0.2) is 21.0 Å². The molecule has 0 aliphatic rings. The van der Waals surface area contributed by atoms with E-state index in [1.54, 1.807) is 12.1 Å². The van der Waals surface area contributed by atoms with E-state index in [9.17, 15) is 14.9 Å². The van der Waals surface area contributed by atoms with Crippen LogP contribution in [0.1, 0.15) is 16.8 Å². The van der Waals surface area contributed by atoms with Gasteiger partial charge in [0.15, 0.2) is 5.82 Å². The van der Waals surface area contributed by atoms with Gasteiger partial charge in [0.1, 0.15) is 0 Å². The molecule has 7 nitrogen and oxygen atoms in total. The number of nitrogens with zero attached hydrogens (tertiary/aromatic N) is 2. The number of aryl methyl sites for hydroxylation is 1. The Hall–Kier alpha value is -2.70. The SMILES string of the molecule is Cc1[nH]nc(NC(=O)Cc2cccc([N+](=O)[O-])c2)c1C. The van der Waals surface area contributed by atoms with Crippen molar-refractivity contribution in [2.24, 2.45) is 0 Å². The third kappa shape index (κ3) is 3.00. The van der Waals surface area contributed by atoms with E-state index in [0.29, 0.717) is 11.4 Å². The number of aromatic amines is 1. The standard InChI is InChI=1S/C13H14N4O3/c1-8-9(2)15-16-13(8)14-12(18)7-10-4-3-5-11(6-10)17(19)20/h3-6H,7H2,1-2H3,(H2,14,15,16,18). The number of carbonyl (C=O) groups excluding carboxylic acids is 1. The molecule has 1 aromatic carbocycles. The minimum atomic E-state index is -0.484. The predicted octanol–water partition coefficient (Wildman–Crippen LogP) is 2.12. The molecular weight excluding hydrogens is 260 g/mol. The molecule has 0 saturated carbocycles. The lowest BCUT2D eigenvalue weighted by atomic mass is 10.1. The second-order valence-corrected chi connectivity index (χ2v) is 4.47. The molecule has 0 radical (unpaired) electrons. The molecule has 7 heteroatoms. The van der Waals surface area contributed by atoms with Crippen molar-refractivity contribution in [2.45, 2.75) is 20.3 Å². The van der Waals surface area contributed by atoms with Crippen molar-refractivity contribution in [1.29, 1.82) is 0 Å². The lowest BCUT2D eigenvalue weighted by molar-refractivity contribution is -0.384. The smallest absolute Gasteiger partial charge is 0.269 e. The first-order valence-electron chi connectivity index (χ1n) is 6.02. The molecule has 0 spiro atoms. The Morgan fingerprint density at radius 2 is 2.20 bits per heavy atom. The minimum Gasteiger partial charge on any atom is -0.309 e. The van der Waals surface area contributed by atoms with E-state index >= 15 is 0 Å². The number of H-pyrrole nitrogens is 1. The molecule has 1 aromatic heterocycles. The summed E-state index contributed by atoms with van der Waals surface area (Å²) in [6, 6.07) is 6.02. The maximum atomic E-state index is 11.9. The summed E-state index contributed by atoms with van der Waals surface area (Å²) in [6.45, 7) is 3.71. The second kappa shape index (κ2) is 5.52. The molecule has 0 aliphatic carbocycles. The molecule has 1 heterocycles. The Labute approximate surface area is 115 Å². The van der Waals surface area contributed by atoms with E-state index < -0.39 is 4.92 Å². The zero-order chi connectivity index (χ0) is 14.7. The molecule has 0 aliphatic heterocycles. The summed E-state index contributed by atoms with van der Waals surface area (Å²) in [5.41, 5.74) is 2.32. The Balaban J connectivity index is 2.06. The Morgan fingerprint density at radius 3 is 2.80 bits per heavy atom. The summed E-state index contributed by atoms with van der Waals surface area (Å²) < 4.78 is 0. The lowest BCUT2D eigenvalue weighted by Crippen LogP contribution is -2.15. The number of aromatic nitrogens is 2. The first kappa shape index (κ1) is 13.7. The van der Waals surface area contributed by atoms with Crippen LogP contribution in [0.15, 0.2) is 24.3 Å². The first-order valence-corrected chi connectivity index (χ1v) is 6.02. The highest BCUT2D eigenvalue weighted by Gasteiger charge is 2.12. The number of anilines is 1. The number of carbonyl (C=O) groups is 1. The number of hydrogen-bond acceptors (Lipinski definition) is 4. The average molecular weight is 274 g/mol. The summed E-state index contributed by atoms with van der Waals surface area (Å²) in [5, 5.41) is 20.1. The van der Waals surface area contributed by atoms with Gasteiger partial charge in [0.05, 0.1) is 11.3 Å². The molecule has 2 N–H and O–H groups in total. The van der Waals surface area contributed by atoms with Crippen LogP contribution in [0.4, 0.5) is 11.5 Å². The summed E-state index contributed by atoms with van der Waals surface area (Å²) in [7, 11) is 0. The van der Waals surface area contributed by atoms with Crippen molar-refractivity contribution < 1.29 is 9.72 Å². The number of benzene rings is 1. The van der Waals surface area contributed by atoms with Crippen molar-refractivity contribution in [2.75, 3.05) is 5.32 Å². The fourth-order valence-electron chi connectivity index (χ4n) is 1.75. The van der Waals surface area contributed by atoms with Crippen molar-refractivity contribution >= 4 is 17.4 Å². The normalized spacial score (nSPS) is 10.3. The molecular formula is C13H14N4O3. The highest BCUT2D eigenvalue weighted by atomic mass is 16.6. The van der Waals surface area contributed by atoms with Crippen LogP contribution in [0.2, 0.25) is 0 Å². The number of rotatable bonds is 4. The van der Waals surface area contributed by atoms with Crippen LogP contribution in [0.3, 0.4) is 0 Å². The van der Waals surface area contributed by atoms with E-state index in [2.05, 4.69) is 15.5 Å². The van der Waals surface area contributed by atoms with Gasteiger partial charge in [-0.2, -0.15) is 5.10 Å². The van der Waals surface area contributed by atoms with Crippen molar-refractivity contribution in [3.05, 3.63) is 51.2 Å². The van der Waals surface area contributed by atoms with Gasteiger partial charge in [0.25, 0.3) is 5.69 Å². The van der Waals surface area contributed by atoms with E-state index in [0.717, 1.165) is 11.3 Å². The molecule has 2 aromatic rings. The van der Waals surface area contributed by atoms with Crippen molar-refractivity contribution in [3.63, 3.8) is 0 Å². The van der Waals surface area contributed by atoms with E-state index in [1.807, 2.05) is 13.8 Å². The Bertz CT molecular complexity index is 663. The second-order valence-electron chi connectivity index (χ2n) is 4.47.